The van der Waals surface area contributed by atoms with Gasteiger partial charge in [-0.1, -0.05) is 0 Å². The van der Waals surface area contributed by atoms with E-state index in [1.807, 2.05) is 33.3 Å². The van der Waals surface area contributed by atoms with Crippen LogP contribution in [0.1, 0.15) is 30.3 Å². The topological polar surface area (TPSA) is 67.7 Å². The van der Waals surface area contributed by atoms with Gasteiger partial charge >= 0.3 is 0 Å². The summed E-state index contributed by atoms with van der Waals surface area (Å²) < 4.78 is 1.79. The maximum atomic E-state index is 4.59. The van der Waals surface area contributed by atoms with Crippen molar-refractivity contribution in [1.82, 2.24) is 19.7 Å². The average molecular weight is 258 g/mol. The molecule has 1 aliphatic rings. The van der Waals surface area contributed by atoms with Gasteiger partial charge in [-0.15, -0.1) is 0 Å². The van der Waals surface area contributed by atoms with E-state index in [1.54, 1.807) is 4.68 Å². The fourth-order valence-electron chi connectivity index (χ4n) is 2.04. The SMILES string of the molecule is CNc1cc(Nc2cn(C)nc2C)nc(C2CC2)n1. The third kappa shape index (κ3) is 2.52. The molecule has 1 saturated carbocycles. The molecule has 6 heteroatoms. The first-order chi connectivity index (χ1) is 9.15. The maximum absolute atomic E-state index is 4.59. The molecule has 2 N–H and O–H groups in total. The second-order valence-electron chi connectivity index (χ2n) is 4.95. The minimum absolute atomic E-state index is 0.531. The molecule has 1 aliphatic carbocycles. The van der Waals surface area contributed by atoms with Gasteiger partial charge in [0.2, 0.25) is 0 Å². The highest BCUT2D eigenvalue weighted by molar-refractivity contribution is 5.60. The molecule has 0 radical (unpaired) electrons. The number of hydrogen-bond donors (Lipinski definition) is 2. The summed E-state index contributed by atoms with van der Waals surface area (Å²) in [6.07, 6.45) is 4.34. The molecule has 100 valence electrons. The van der Waals surface area contributed by atoms with Crippen LogP contribution in [0.3, 0.4) is 0 Å². The number of nitrogens with zero attached hydrogens (tertiary/aromatic N) is 4. The molecule has 0 bridgehead atoms. The Labute approximate surface area is 112 Å². The Morgan fingerprint density at radius 2 is 2.00 bits per heavy atom. The van der Waals surface area contributed by atoms with Crippen molar-refractivity contribution in [2.45, 2.75) is 25.7 Å². The molecular formula is C13H18N6. The third-order valence-electron chi connectivity index (χ3n) is 3.22. The van der Waals surface area contributed by atoms with Crippen molar-refractivity contribution in [2.75, 3.05) is 17.7 Å². The lowest BCUT2D eigenvalue weighted by atomic mass is 10.3. The van der Waals surface area contributed by atoms with Gasteiger partial charge in [0.15, 0.2) is 0 Å². The van der Waals surface area contributed by atoms with Crippen LogP contribution >= 0.6 is 0 Å². The monoisotopic (exact) mass is 258 g/mol. The normalized spacial score (nSPS) is 14.5. The van der Waals surface area contributed by atoms with Crippen LogP contribution in [0.15, 0.2) is 12.3 Å². The number of rotatable bonds is 4. The van der Waals surface area contributed by atoms with Gasteiger partial charge < -0.3 is 10.6 Å². The Morgan fingerprint density at radius 3 is 2.58 bits per heavy atom. The zero-order valence-corrected chi connectivity index (χ0v) is 11.4. The minimum atomic E-state index is 0.531. The molecule has 6 nitrogen and oxygen atoms in total. The van der Waals surface area contributed by atoms with E-state index in [0.717, 1.165) is 28.8 Å². The zero-order chi connectivity index (χ0) is 13.4. The van der Waals surface area contributed by atoms with Crippen LogP contribution < -0.4 is 10.6 Å². The van der Waals surface area contributed by atoms with Crippen molar-refractivity contribution in [3.63, 3.8) is 0 Å². The summed E-state index contributed by atoms with van der Waals surface area (Å²) >= 11 is 0. The van der Waals surface area contributed by atoms with Gasteiger partial charge in [0.25, 0.3) is 0 Å². The van der Waals surface area contributed by atoms with E-state index in [9.17, 15) is 0 Å². The molecule has 1 fully saturated rings. The van der Waals surface area contributed by atoms with E-state index in [-0.39, 0.29) is 0 Å². The Morgan fingerprint density at radius 1 is 1.26 bits per heavy atom. The highest BCUT2D eigenvalue weighted by Gasteiger charge is 2.27. The number of nitrogens with one attached hydrogen (secondary N) is 2. The number of anilines is 3. The van der Waals surface area contributed by atoms with Crippen molar-refractivity contribution in [3.05, 3.63) is 23.8 Å². The Hall–Kier alpha value is -2.11. The first kappa shape index (κ1) is 12.0. The molecular weight excluding hydrogens is 240 g/mol. The summed E-state index contributed by atoms with van der Waals surface area (Å²) in [4.78, 5) is 9.09. The molecule has 19 heavy (non-hydrogen) atoms. The summed E-state index contributed by atoms with van der Waals surface area (Å²) in [5, 5.41) is 10.7. The van der Waals surface area contributed by atoms with Crippen LogP contribution in [0.5, 0.6) is 0 Å². The van der Waals surface area contributed by atoms with E-state index in [4.69, 9.17) is 0 Å². The smallest absolute Gasteiger partial charge is 0.136 e. The summed E-state index contributed by atoms with van der Waals surface area (Å²) in [6.45, 7) is 1.98. The molecule has 2 aromatic heterocycles. The standard InChI is InChI=1S/C13H18N6/c1-8-10(7-19(3)18-8)15-12-6-11(14-2)16-13(17-12)9-4-5-9/h6-7,9H,4-5H2,1-3H3,(H2,14,15,16,17). The predicted molar refractivity (Wildman–Crippen MR) is 74.8 cm³/mol. The lowest BCUT2D eigenvalue weighted by Gasteiger charge is -2.08. The lowest BCUT2D eigenvalue weighted by Crippen LogP contribution is -2.03. The first-order valence-corrected chi connectivity index (χ1v) is 6.49. The fourth-order valence-corrected chi connectivity index (χ4v) is 2.04. The van der Waals surface area contributed by atoms with Crippen LogP contribution in [0, 0.1) is 6.92 Å². The van der Waals surface area contributed by atoms with Gasteiger partial charge in [-0.3, -0.25) is 4.68 Å². The lowest BCUT2D eigenvalue weighted by molar-refractivity contribution is 0.756. The Kier molecular flexibility index (Phi) is 2.85. The largest absolute Gasteiger partial charge is 0.373 e. The molecule has 0 saturated heterocycles. The quantitative estimate of drug-likeness (QED) is 0.879. The van der Waals surface area contributed by atoms with E-state index in [1.165, 1.54) is 12.8 Å². The van der Waals surface area contributed by atoms with E-state index in [2.05, 4.69) is 25.7 Å². The zero-order valence-electron chi connectivity index (χ0n) is 11.4. The van der Waals surface area contributed by atoms with Crippen LogP contribution in [-0.2, 0) is 7.05 Å². The van der Waals surface area contributed by atoms with E-state index < -0.39 is 0 Å². The average Bonchev–Trinajstić information content (AvgIpc) is 3.17. The minimum Gasteiger partial charge on any atom is -0.373 e. The van der Waals surface area contributed by atoms with Gasteiger partial charge in [-0.2, -0.15) is 5.10 Å². The number of aromatic nitrogens is 4. The van der Waals surface area contributed by atoms with Gasteiger partial charge in [0.1, 0.15) is 17.5 Å². The maximum Gasteiger partial charge on any atom is 0.136 e. The third-order valence-corrected chi connectivity index (χ3v) is 3.22. The Balaban J connectivity index is 1.91. The number of aryl methyl sites for hydroxylation is 2. The predicted octanol–water partition coefficient (Wildman–Crippen LogP) is 2.18. The van der Waals surface area contributed by atoms with Gasteiger partial charge in [-0.25, -0.2) is 9.97 Å². The van der Waals surface area contributed by atoms with Crippen LogP contribution in [0.4, 0.5) is 17.3 Å². The van der Waals surface area contributed by atoms with Crippen molar-refractivity contribution in [2.24, 2.45) is 7.05 Å². The molecule has 0 spiro atoms. The molecule has 2 aromatic rings. The van der Waals surface area contributed by atoms with Crippen LogP contribution in [0.25, 0.3) is 0 Å². The Bertz CT molecular complexity index is 599. The van der Waals surface area contributed by atoms with Crippen molar-refractivity contribution in [3.8, 4) is 0 Å². The highest BCUT2D eigenvalue weighted by Crippen LogP contribution is 2.39. The van der Waals surface area contributed by atoms with Crippen molar-refractivity contribution >= 4 is 17.3 Å². The molecule has 0 amide bonds. The first-order valence-electron chi connectivity index (χ1n) is 6.49. The highest BCUT2D eigenvalue weighted by atomic mass is 15.3. The molecule has 0 aromatic carbocycles. The van der Waals surface area contributed by atoms with E-state index in [0.29, 0.717) is 5.92 Å². The second-order valence-corrected chi connectivity index (χ2v) is 4.95. The molecule has 2 heterocycles. The summed E-state index contributed by atoms with van der Waals surface area (Å²) in [6, 6.07) is 1.92. The molecule has 0 atom stereocenters. The van der Waals surface area contributed by atoms with Crippen molar-refractivity contribution in [1.29, 1.82) is 0 Å². The van der Waals surface area contributed by atoms with Crippen LogP contribution in [-0.4, -0.2) is 26.8 Å². The second kappa shape index (κ2) is 4.53. The summed E-state index contributed by atoms with van der Waals surface area (Å²) in [7, 11) is 3.78. The van der Waals surface area contributed by atoms with Gasteiger partial charge in [0, 0.05) is 32.3 Å². The van der Waals surface area contributed by atoms with Gasteiger partial charge in [0.05, 0.1) is 11.4 Å². The molecule has 3 rings (SSSR count). The molecule has 0 unspecified atom stereocenters. The summed E-state index contributed by atoms with van der Waals surface area (Å²) in [5.74, 6) is 3.12. The van der Waals surface area contributed by atoms with E-state index >= 15 is 0 Å². The van der Waals surface area contributed by atoms with Gasteiger partial charge in [-0.05, 0) is 19.8 Å². The molecule has 0 aliphatic heterocycles. The summed E-state index contributed by atoms with van der Waals surface area (Å²) in [5.41, 5.74) is 1.94. The fraction of sp³-hybridized carbons (Fsp3) is 0.462. The van der Waals surface area contributed by atoms with Crippen molar-refractivity contribution < 1.29 is 0 Å². The number of hydrogen-bond acceptors (Lipinski definition) is 5. The van der Waals surface area contributed by atoms with Crippen LogP contribution in [0.2, 0.25) is 0 Å².